The second-order valence-electron chi connectivity index (χ2n) is 5.28. The molecule has 2 aromatic rings. The maximum atomic E-state index is 5.83. The third-order valence-electron chi connectivity index (χ3n) is 3.94. The highest BCUT2D eigenvalue weighted by atomic mass is 16.3. The molecule has 1 saturated carbocycles. The molecule has 0 atom stereocenters. The number of pyridine rings is 1. The van der Waals surface area contributed by atoms with Gasteiger partial charge in [0.2, 0.25) is 0 Å². The van der Waals surface area contributed by atoms with E-state index in [0.29, 0.717) is 11.8 Å². The van der Waals surface area contributed by atoms with Gasteiger partial charge in [-0.3, -0.25) is 0 Å². The monoisotopic (exact) mass is 245 g/mol. The van der Waals surface area contributed by atoms with Crippen molar-refractivity contribution in [3.8, 4) is 0 Å². The lowest BCUT2D eigenvalue weighted by molar-refractivity contribution is 0.301. The zero-order chi connectivity index (χ0) is 12.5. The van der Waals surface area contributed by atoms with Crippen molar-refractivity contribution in [1.29, 1.82) is 0 Å². The molecule has 1 fully saturated rings. The molecule has 0 aromatic carbocycles. The first-order chi connectivity index (χ1) is 8.76. The minimum absolute atomic E-state index is 0.447. The van der Waals surface area contributed by atoms with Crippen LogP contribution < -0.4 is 5.73 Å². The predicted octanol–water partition coefficient (Wildman–Crippen LogP) is 2.76. The molecule has 0 unspecified atom stereocenters. The Morgan fingerprint density at radius 1 is 1.22 bits per heavy atom. The average Bonchev–Trinajstić information content (AvgIpc) is 2.81. The van der Waals surface area contributed by atoms with Crippen LogP contribution in [0.25, 0.3) is 11.2 Å². The number of hydrogen-bond acceptors (Lipinski definition) is 4. The van der Waals surface area contributed by atoms with Crippen LogP contribution in [0.2, 0.25) is 0 Å². The lowest BCUT2D eigenvalue weighted by Crippen LogP contribution is -2.20. The number of aromatic nitrogens is 2. The zero-order valence-corrected chi connectivity index (χ0v) is 10.7. The van der Waals surface area contributed by atoms with Gasteiger partial charge < -0.3 is 10.2 Å². The van der Waals surface area contributed by atoms with Crippen LogP contribution in [0.3, 0.4) is 0 Å². The van der Waals surface area contributed by atoms with Gasteiger partial charge in [-0.2, -0.15) is 4.98 Å². The Balaban J connectivity index is 1.82. The van der Waals surface area contributed by atoms with Gasteiger partial charge in [0, 0.05) is 11.6 Å². The van der Waals surface area contributed by atoms with Crippen LogP contribution in [-0.4, -0.2) is 16.5 Å². The molecule has 4 nitrogen and oxygen atoms in total. The highest BCUT2D eigenvalue weighted by Gasteiger charge is 2.25. The van der Waals surface area contributed by atoms with Gasteiger partial charge in [0.15, 0.2) is 17.1 Å². The molecule has 0 radical (unpaired) electrons. The topological polar surface area (TPSA) is 64.9 Å². The van der Waals surface area contributed by atoms with E-state index in [2.05, 4.69) is 9.97 Å². The van der Waals surface area contributed by atoms with E-state index in [1.54, 1.807) is 0 Å². The molecular formula is C14H19N3O. The van der Waals surface area contributed by atoms with E-state index in [9.17, 15) is 0 Å². The van der Waals surface area contributed by atoms with Crippen molar-refractivity contribution in [2.75, 3.05) is 6.54 Å². The minimum atomic E-state index is 0.447. The summed E-state index contributed by atoms with van der Waals surface area (Å²) in [5, 5.41) is 0. The normalized spacial score (nSPS) is 24.6. The fourth-order valence-electron chi connectivity index (χ4n) is 2.75. The van der Waals surface area contributed by atoms with Crippen molar-refractivity contribution >= 4 is 11.2 Å². The van der Waals surface area contributed by atoms with E-state index in [0.717, 1.165) is 42.2 Å². The number of rotatable bonds is 2. The van der Waals surface area contributed by atoms with Gasteiger partial charge in [0.05, 0.1) is 0 Å². The Hall–Kier alpha value is -1.42. The van der Waals surface area contributed by atoms with E-state index in [1.807, 2.05) is 19.1 Å². The number of nitrogens with two attached hydrogens (primary N) is 1. The maximum Gasteiger partial charge on any atom is 0.200 e. The smallest absolute Gasteiger partial charge is 0.200 e. The molecule has 2 aromatic heterocycles. The molecule has 2 heterocycles. The second-order valence-corrected chi connectivity index (χ2v) is 5.28. The standard InChI is InChI=1S/C14H19N3O/c1-9-2-7-12-13(16-9)17-14(18-12)11-5-3-10(8-15)4-6-11/h2,7,10-11H,3-6,8,15H2,1H3. The summed E-state index contributed by atoms with van der Waals surface area (Å²) in [7, 11) is 0. The molecule has 2 N–H and O–H groups in total. The average molecular weight is 245 g/mol. The summed E-state index contributed by atoms with van der Waals surface area (Å²) in [5.74, 6) is 1.99. The van der Waals surface area contributed by atoms with E-state index in [1.165, 1.54) is 12.8 Å². The predicted molar refractivity (Wildman–Crippen MR) is 70.3 cm³/mol. The first-order valence-electron chi connectivity index (χ1n) is 6.70. The first-order valence-corrected chi connectivity index (χ1v) is 6.70. The summed E-state index contributed by atoms with van der Waals surface area (Å²) in [4.78, 5) is 8.94. The van der Waals surface area contributed by atoms with Crippen molar-refractivity contribution < 1.29 is 4.42 Å². The minimum Gasteiger partial charge on any atom is -0.439 e. The van der Waals surface area contributed by atoms with Crippen molar-refractivity contribution in [3.05, 3.63) is 23.7 Å². The fraction of sp³-hybridized carbons (Fsp3) is 0.571. The third kappa shape index (κ3) is 2.12. The van der Waals surface area contributed by atoms with Crippen LogP contribution in [0.5, 0.6) is 0 Å². The molecule has 0 saturated heterocycles. The molecule has 0 bridgehead atoms. The number of hydrogen-bond donors (Lipinski definition) is 1. The van der Waals surface area contributed by atoms with Crippen molar-refractivity contribution in [2.24, 2.45) is 11.7 Å². The van der Waals surface area contributed by atoms with E-state index in [4.69, 9.17) is 10.2 Å². The van der Waals surface area contributed by atoms with E-state index < -0.39 is 0 Å². The van der Waals surface area contributed by atoms with Gasteiger partial charge in [-0.25, -0.2) is 4.98 Å². The highest BCUT2D eigenvalue weighted by Crippen LogP contribution is 2.35. The van der Waals surface area contributed by atoms with Crippen molar-refractivity contribution in [1.82, 2.24) is 9.97 Å². The molecule has 1 aliphatic carbocycles. The Kier molecular flexibility index (Phi) is 3.04. The third-order valence-corrected chi connectivity index (χ3v) is 3.94. The van der Waals surface area contributed by atoms with Crippen LogP contribution in [-0.2, 0) is 0 Å². The summed E-state index contributed by atoms with van der Waals surface area (Å²) >= 11 is 0. The number of nitrogens with zero attached hydrogens (tertiary/aromatic N) is 2. The largest absolute Gasteiger partial charge is 0.439 e. The van der Waals surface area contributed by atoms with Crippen LogP contribution in [0.1, 0.15) is 43.2 Å². The number of oxazole rings is 1. The van der Waals surface area contributed by atoms with Gasteiger partial charge in [-0.1, -0.05) is 0 Å². The molecule has 4 heteroatoms. The quantitative estimate of drug-likeness (QED) is 0.883. The van der Waals surface area contributed by atoms with Crippen LogP contribution in [0.4, 0.5) is 0 Å². The lowest BCUT2D eigenvalue weighted by atomic mass is 9.82. The van der Waals surface area contributed by atoms with Crippen LogP contribution in [0.15, 0.2) is 16.5 Å². The molecular weight excluding hydrogens is 226 g/mol. The van der Waals surface area contributed by atoms with Gasteiger partial charge in [-0.05, 0) is 57.2 Å². The van der Waals surface area contributed by atoms with Gasteiger partial charge in [-0.15, -0.1) is 0 Å². The molecule has 0 amide bonds. The van der Waals surface area contributed by atoms with E-state index >= 15 is 0 Å². The Morgan fingerprint density at radius 2 is 2.00 bits per heavy atom. The van der Waals surface area contributed by atoms with Gasteiger partial charge in [0.25, 0.3) is 0 Å². The molecule has 3 rings (SSSR count). The summed E-state index contributed by atoms with van der Waals surface area (Å²) < 4.78 is 5.83. The number of aryl methyl sites for hydroxylation is 1. The Labute approximate surface area is 107 Å². The van der Waals surface area contributed by atoms with Crippen LogP contribution in [0, 0.1) is 12.8 Å². The summed E-state index contributed by atoms with van der Waals surface area (Å²) in [6.45, 7) is 2.78. The molecule has 18 heavy (non-hydrogen) atoms. The second kappa shape index (κ2) is 4.69. The molecule has 96 valence electrons. The van der Waals surface area contributed by atoms with Gasteiger partial charge in [0.1, 0.15) is 0 Å². The first kappa shape index (κ1) is 11.7. The summed E-state index contributed by atoms with van der Waals surface area (Å²) in [6, 6.07) is 3.92. The number of fused-ring (bicyclic) bond motifs is 1. The Bertz CT molecular complexity index is 541. The summed E-state index contributed by atoms with van der Waals surface area (Å²) in [6.07, 6.45) is 4.64. The highest BCUT2D eigenvalue weighted by molar-refractivity contribution is 5.67. The maximum absolute atomic E-state index is 5.83. The van der Waals surface area contributed by atoms with Crippen molar-refractivity contribution in [3.63, 3.8) is 0 Å². The SMILES string of the molecule is Cc1ccc2oc(C3CCC(CN)CC3)nc2n1. The lowest BCUT2D eigenvalue weighted by Gasteiger charge is -2.25. The Morgan fingerprint density at radius 3 is 2.72 bits per heavy atom. The van der Waals surface area contributed by atoms with E-state index in [-0.39, 0.29) is 0 Å². The van der Waals surface area contributed by atoms with Gasteiger partial charge >= 0.3 is 0 Å². The zero-order valence-electron chi connectivity index (χ0n) is 10.7. The molecule has 1 aliphatic rings. The van der Waals surface area contributed by atoms with Crippen LogP contribution >= 0.6 is 0 Å². The molecule has 0 aliphatic heterocycles. The fourth-order valence-corrected chi connectivity index (χ4v) is 2.75. The molecule has 0 spiro atoms. The summed E-state index contributed by atoms with van der Waals surface area (Å²) in [5.41, 5.74) is 8.24. The van der Waals surface area contributed by atoms with Crippen molar-refractivity contribution in [2.45, 2.75) is 38.5 Å².